The Balaban J connectivity index is 1.50. The van der Waals surface area contributed by atoms with Crippen LogP contribution in [-0.4, -0.2) is 0 Å². The second-order valence-corrected chi connectivity index (χ2v) is 7.82. The predicted molar refractivity (Wildman–Crippen MR) is 98.6 cm³/mol. The number of hydrogen-bond acceptors (Lipinski definition) is 3. The lowest BCUT2D eigenvalue weighted by Gasteiger charge is -2.01. The molecule has 104 valence electrons. The van der Waals surface area contributed by atoms with Gasteiger partial charge in [0.1, 0.15) is 0 Å². The van der Waals surface area contributed by atoms with Crippen molar-refractivity contribution in [3.05, 3.63) is 70.4 Å². The molecule has 2 aromatic carbocycles. The van der Waals surface area contributed by atoms with Crippen LogP contribution in [0.1, 0.15) is 11.1 Å². The van der Waals surface area contributed by atoms with E-state index in [0.29, 0.717) is 0 Å². The normalized spacial score (nSPS) is 11.4. The van der Waals surface area contributed by atoms with E-state index in [-0.39, 0.29) is 0 Å². The molecule has 0 saturated carbocycles. The molecule has 2 aromatic heterocycles. The zero-order valence-corrected chi connectivity index (χ0v) is 13.9. The molecule has 0 N–H and O–H groups in total. The first-order chi connectivity index (χ1) is 10.4. The number of hydrogen-bond donors (Lipinski definition) is 0. The molecular weight excluding hydrogens is 312 g/mol. The fourth-order valence-electron chi connectivity index (χ4n) is 2.56. The molecular formula is C18H14S3. The van der Waals surface area contributed by atoms with Gasteiger partial charge in [0, 0.05) is 20.9 Å². The second kappa shape index (κ2) is 5.84. The van der Waals surface area contributed by atoms with E-state index >= 15 is 0 Å². The average Bonchev–Trinajstić information content (AvgIpc) is 3.13. The Morgan fingerprint density at radius 3 is 1.67 bits per heavy atom. The van der Waals surface area contributed by atoms with Gasteiger partial charge in [-0.05, 0) is 44.8 Å². The summed E-state index contributed by atoms with van der Waals surface area (Å²) in [6.07, 6.45) is 0. The summed E-state index contributed by atoms with van der Waals surface area (Å²) in [4.78, 5) is 0. The minimum absolute atomic E-state index is 1.09. The fourth-order valence-corrected chi connectivity index (χ4v) is 5.72. The van der Waals surface area contributed by atoms with Crippen LogP contribution in [0.25, 0.3) is 20.2 Å². The van der Waals surface area contributed by atoms with E-state index in [1.54, 1.807) is 0 Å². The van der Waals surface area contributed by atoms with Gasteiger partial charge >= 0.3 is 0 Å². The van der Waals surface area contributed by atoms with Crippen molar-refractivity contribution in [2.24, 2.45) is 0 Å². The topological polar surface area (TPSA) is 0 Å². The lowest BCUT2D eigenvalue weighted by atomic mass is 10.2. The number of rotatable bonds is 4. The molecule has 2 heterocycles. The van der Waals surface area contributed by atoms with Gasteiger partial charge in [-0.1, -0.05) is 36.4 Å². The van der Waals surface area contributed by atoms with Gasteiger partial charge in [0.2, 0.25) is 0 Å². The van der Waals surface area contributed by atoms with Crippen molar-refractivity contribution >= 4 is 54.6 Å². The number of benzene rings is 2. The molecule has 0 nitrogen and oxygen atoms in total. The Hall–Kier alpha value is -1.29. The summed E-state index contributed by atoms with van der Waals surface area (Å²) < 4.78 is 2.79. The molecule has 21 heavy (non-hydrogen) atoms. The standard InChI is InChI=1S/C18H14S3/c1-3-7-17-15(5-1)13(11-20-17)9-19-10-14-12-21-18-8-4-2-6-16(14)18/h1-8,11-12H,9-10H2. The lowest BCUT2D eigenvalue weighted by Crippen LogP contribution is -1.81. The summed E-state index contributed by atoms with van der Waals surface area (Å²) >= 11 is 5.72. The first kappa shape index (κ1) is 13.4. The molecule has 0 unspecified atom stereocenters. The molecule has 0 aliphatic heterocycles. The van der Waals surface area contributed by atoms with Crippen LogP contribution in [0.4, 0.5) is 0 Å². The van der Waals surface area contributed by atoms with Crippen molar-refractivity contribution in [1.82, 2.24) is 0 Å². The zero-order valence-electron chi connectivity index (χ0n) is 11.4. The Labute approximate surface area is 136 Å². The van der Waals surface area contributed by atoms with Gasteiger partial charge in [-0.15, -0.1) is 22.7 Å². The van der Waals surface area contributed by atoms with Crippen molar-refractivity contribution < 1.29 is 0 Å². The highest BCUT2D eigenvalue weighted by Gasteiger charge is 2.06. The molecule has 0 spiro atoms. The van der Waals surface area contributed by atoms with Crippen LogP contribution in [0.3, 0.4) is 0 Å². The van der Waals surface area contributed by atoms with Gasteiger partial charge in [-0.3, -0.25) is 0 Å². The molecule has 0 saturated heterocycles. The fraction of sp³-hybridized carbons (Fsp3) is 0.111. The maximum Gasteiger partial charge on any atom is 0.0345 e. The monoisotopic (exact) mass is 326 g/mol. The van der Waals surface area contributed by atoms with Crippen molar-refractivity contribution in [2.45, 2.75) is 11.5 Å². The van der Waals surface area contributed by atoms with Gasteiger partial charge in [0.05, 0.1) is 0 Å². The van der Waals surface area contributed by atoms with Gasteiger partial charge in [-0.25, -0.2) is 0 Å². The Kier molecular flexibility index (Phi) is 3.72. The summed E-state index contributed by atoms with van der Waals surface area (Å²) in [5.41, 5.74) is 2.94. The van der Waals surface area contributed by atoms with E-state index < -0.39 is 0 Å². The number of fused-ring (bicyclic) bond motifs is 2. The molecule has 0 amide bonds. The van der Waals surface area contributed by atoms with Crippen LogP contribution in [0.2, 0.25) is 0 Å². The highest BCUT2D eigenvalue weighted by molar-refractivity contribution is 7.97. The maximum atomic E-state index is 2.31. The quantitative estimate of drug-likeness (QED) is 0.410. The molecule has 3 heteroatoms. The van der Waals surface area contributed by atoms with E-state index in [0.717, 1.165) is 11.5 Å². The molecule has 4 aromatic rings. The van der Waals surface area contributed by atoms with E-state index in [9.17, 15) is 0 Å². The van der Waals surface area contributed by atoms with Gasteiger partial charge in [0.15, 0.2) is 0 Å². The van der Waals surface area contributed by atoms with E-state index in [1.807, 2.05) is 34.4 Å². The first-order valence-electron chi connectivity index (χ1n) is 6.90. The first-order valence-corrected chi connectivity index (χ1v) is 9.81. The minimum atomic E-state index is 1.09. The lowest BCUT2D eigenvalue weighted by molar-refractivity contribution is 1.44. The smallest absolute Gasteiger partial charge is 0.0345 e. The van der Waals surface area contributed by atoms with Gasteiger partial charge < -0.3 is 0 Å². The molecule has 0 atom stereocenters. The third-order valence-corrected chi connectivity index (χ3v) is 6.69. The zero-order chi connectivity index (χ0) is 14.1. The molecule has 0 aliphatic rings. The van der Waals surface area contributed by atoms with Crippen LogP contribution in [0.15, 0.2) is 59.3 Å². The van der Waals surface area contributed by atoms with Crippen molar-refractivity contribution in [1.29, 1.82) is 0 Å². The van der Waals surface area contributed by atoms with E-state index in [4.69, 9.17) is 0 Å². The summed E-state index contributed by atoms with van der Waals surface area (Å²) in [6, 6.07) is 17.4. The molecule has 4 rings (SSSR count). The summed E-state index contributed by atoms with van der Waals surface area (Å²) in [5, 5.41) is 7.46. The van der Waals surface area contributed by atoms with Crippen molar-refractivity contribution in [2.75, 3.05) is 0 Å². The third kappa shape index (κ3) is 2.61. The second-order valence-electron chi connectivity index (χ2n) is 5.01. The van der Waals surface area contributed by atoms with Gasteiger partial charge in [0.25, 0.3) is 0 Å². The van der Waals surface area contributed by atoms with Crippen LogP contribution in [0, 0.1) is 0 Å². The molecule has 0 bridgehead atoms. The summed E-state index contributed by atoms with van der Waals surface area (Å²) in [5.74, 6) is 2.18. The van der Waals surface area contributed by atoms with Gasteiger partial charge in [-0.2, -0.15) is 11.8 Å². The maximum absolute atomic E-state index is 2.31. The average molecular weight is 327 g/mol. The SMILES string of the molecule is c1ccc2c(CSCc3csc4ccccc34)csc2c1. The highest BCUT2D eigenvalue weighted by atomic mass is 32.2. The Morgan fingerprint density at radius 2 is 1.14 bits per heavy atom. The predicted octanol–water partition coefficient (Wildman–Crippen LogP) is 6.55. The van der Waals surface area contributed by atoms with E-state index in [1.165, 1.54) is 31.3 Å². The Bertz CT molecular complexity index is 811. The third-order valence-electron chi connectivity index (χ3n) is 3.64. The minimum Gasteiger partial charge on any atom is -0.152 e. The number of thiophene rings is 2. The highest BCUT2D eigenvalue weighted by Crippen LogP contribution is 2.32. The van der Waals surface area contributed by atoms with E-state index in [2.05, 4.69) is 59.3 Å². The molecule has 0 fully saturated rings. The van der Waals surface area contributed by atoms with Crippen LogP contribution in [-0.2, 0) is 11.5 Å². The summed E-state index contributed by atoms with van der Waals surface area (Å²) in [7, 11) is 0. The van der Waals surface area contributed by atoms with Crippen molar-refractivity contribution in [3.8, 4) is 0 Å². The van der Waals surface area contributed by atoms with Crippen LogP contribution >= 0.6 is 34.4 Å². The van der Waals surface area contributed by atoms with Crippen LogP contribution in [0.5, 0.6) is 0 Å². The molecule has 0 aliphatic carbocycles. The Morgan fingerprint density at radius 1 is 0.667 bits per heavy atom. The summed E-state index contributed by atoms with van der Waals surface area (Å²) in [6.45, 7) is 0. The largest absolute Gasteiger partial charge is 0.152 e. The molecule has 0 radical (unpaired) electrons. The van der Waals surface area contributed by atoms with Crippen molar-refractivity contribution in [3.63, 3.8) is 0 Å². The number of thioether (sulfide) groups is 1. The van der Waals surface area contributed by atoms with Crippen LogP contribution < -0.4 is 0 Å².